The normalized spacial score (nSPS) is 13.0. The van der Waals surface area contributed by atoms with E-state index in [2.05, 4.69) is 50.5 Å². The van der Waals surface area contributed by atoms with E-state index >= 15 is 0 Å². The van der Waals surface area contributed by atoms with Gasteiger partial charge in [-0.2, -0.15) is 0 Å². The maximum absolute atomic E-state index is 5.62. The van der Waals surface area contributed by atoms with Gasteiger partial charge in [-0.05, 0) is 29.8 Å². The van der Waals surface area contributed by atoms with Crippen molar-refractivity contribution in [1.29, 1.82) is 0 Å². The molecule has 0 atom stereocenters. The average molecular weight is 254 g/mol. The fraction of sp³-hybridized carbons (Fsp3) is 0.714. The second-order valence-corrected chi connectivity index (χ2v) is 7.12. The van der Waals surface area contributed by atoms with E-state index in [4.69, 9.17) is 5.73 Å². The molecule has 0 aromatic carbocycles. The Morgan fingerprint density at radius 1 is 1.24 bits per heavy atom. The highest BCUT2D eigenvalue weighted by atomic mass is 32.1. The largest absolute Gasteiger partial charge is 0.330 e. The first-order valence-electron chi connectivity index (χ1n) is 6.32. The lowest BCUT2D eigenvalue weighted by Gasteiger charge is -2.29. The molecule has 1 heterocycles. The lowest BCUT2D eigenvalue weighted by Crippen LogP contribution is -2.38. The third-order valence-corrected chi connectivity index (χ3v) is 4.42. The summed E-state index contributed by atoms with van der Waals surface area (Å²) in [4.78, 5) is 1.45. The molecule has 0 aliphatic rings. The molecule has 0 aliphatic carbocycles. The van der Waals surface area contributed by atoms with Gasteiger partial charge >= 0.3 is 0 Å². The van der Waals surface area contributed by atoms with Gasteiger partial charge in [0.2, 0.25) is 0 Å². The van der Waals surface area contributed by atoms with Crippen LogP contribution in [0.2, 0.25) is 0 Å². The van der Waals surface area contributed by atoms with E-state index in [9.17, 15) is 0 Å². The van der Waals surface area contributed by atoms with Crippen LogP contribution in [0.25, 0.3) is 0 Å². The summed E-state index contributed by atoms with van der Waals surface area (Å²) in [5.74, 6) is 0. The van der Waals surface area contributed by atoms with Crippen LogP contribution in [-0.2, 0) is 5.41 Å². The molecule has 0 unspecified atom stereocenters. The Labute approximate surface area is 110 Å². The van der Waals surface area contributed by atoms with Crippen molar-refractivity contribution in [3.05, 3.63) is 22.4 Å². The van der Waals surface area contributed by atoms with E-state index in [1.165, 1.54) is 4.88 Å². The Bertz CT molecular complexity index is 315. The van der Waals surface area contributed by atoms with E-state index in [-0.39, 0.29) is 5.41 Å². The third-order valence-electron chi connectivity index (χ3n) is 3.18. The SMILES string of the molecule is CC(C)(CCN)CNCC(C)(C)c1cccs1. The Kier molecular flexibility index (Phi) is 5.17. The molecule has 3 N–H and O–H groups in total. The molecule has 0 fully saturated rings. The molecule has 0 spiro atoms. The summed E-state index contributed by atoms with van der Waals surface area (Å²) in [6.45, 7) is 11.9. The molecular formula is C14H26N2S. The molecule has 98 valence electrons. The maximum Gasteiger partial charge on any atom is 0.0115 e. The van der Waals surface area contributed by atoms with Crippen LogP contribution in [0, 0.1) is 5.41 Å². The van der Waals surface area contributed by atoms with Gasteiger partial charge in [0.1, 0.15) is 0 Å². The predicted molar refractivity (Wildman–Crippen MR) is 77.7 cm³/mol. The molecule has 1 aromatic heterocycles. The number of hydrogen-bond acceptors (Lipinski definition) is 3. The number of rotatable bonds is 7. The molecular weight excluding hydrogens is 228 g/mol. The summed E-state index contributed by atoms with van der Waals surface area (Å²) in [6.07, 6.45) is 1.07. The van der Waals surface area contributed by atoms with Crippen LogP contribution in [0.3, 0.4) is 0 Å². The van der Waals surface area contributed by atoms with Gasteiger partial charge in [0, 0.05) is 23.4 Å². The van der Waals surface area contributed by atoms with Gasteiger partial charge < -0.3 is 11.1 Å². The molecule has 2 nitrogen and oxygen atoms in total. The molecule has 0 saturated heterocycles. The lowest BCUT2D eigenvalue weighted by molar-refractivity contribution is 0.306. The lowest BCUT2D eigenvalue weighted by atomic mass is 9.87. The zero-order valence-corrected chi connectivity index (χ0v) is 12.4. The quantitative estimate of drug-likeness (QED) is 0.785. The molecule has 0 bridgehead atoms. The molecule has 0 amide bonds. The first kappa shape index (κ1) is 14.7. The highest BCUT2D eigenvalue weighted by molar-refractivity contribution is 7.10. The number of nitrogens with one attached hydrogen (secondary N) is 1. The topological polar surface area (TPSA) is 38.0 Å². The predicted octanol–water partition coefficient (Wildman–Crippen LogP) is 2.99. The Morgan fingerprint density at radius 2 is 1.94 bits per heavy atom. The van der Waals surface area contributed by atoms with Crippen molar-refractivity contribution in [2.24, 2.45) is 11.1 Å². The van der Waals surface area contributed by atoms with Crippen molar-refractivity contribution in [3.63, 3.8) is 0 Å². The highest BCUT2D eigenvalue weighted by Gasteiger charge is 2.23. The molecule has 17 heavy (non-hydrogen) atoms. The second kappa shape index (κ2) is 5.98. The van der Waals surface area contributed by atoms with Crippen LogP contribution in [0.4, 0.5) is 0 Å². The summed E-state index contributed by atoms with van der Waals surface area (Å²) in [5, 5.41) is 5.74. The Balaban J connectivity index is 2.41. The van der Waals surface area contributed by atoms with Crippen molar-refractivity contribution in [1.82, 2.24) is 5.32 Å². The van der Waals surface area contributed by atoms with Crippen molar-refractivity contribution >= 4 is 11.3 Å². The summed E-state index contributed by atoms with van der Waals surface area (Å²) < 4.78 is 0. The van der Waals surface area contributed by atoms with Gasteiger partial charge in [-0.1, -0.05) is 33.8 Å². The van der Waals surface area contributed by atoms with Crippen LogP contribution in [0.15, 0.2) is 17.5 Å². The van der Waals surface area contributed by atoms with Gasteiger partial charge in [-0.15, -0.1) is 11.3 Å². The fourth-order valence-corrected chi connectivity index (χ4v) is 2.80. The van der Waals surface area contributed by atoms with Crippen LogP contribution >= 0.6 is 11.3 Å². The average Bonchev–Trinajstić information content (AvgIpc) is 2.69. The second-order valence-electron chi connectivity index (χ2n) is 6.17. The van der Waals surface area contributed by atoms with Crippen LogP contribution in [0.1, 0.15) is 39.0 Å². The standard InChI is InChI=1S/C14H26N2S/c1-13(2,7-8-15)10-16-11-14(3,4)12-6-5-9-17-12/h5-6,9,16H,7-8,10-11,15H2,1-4H3. The molecule has 3 heteroatoms. The smallest absolute Gasteiger partial charge is 0.0115 e. The Hall–Kier alpha value is -0.380. The minimum atomic E-state index is 0.215. The molecule has 0 saturated carbocycles. The van der Waals surface area contributed by atoms with E-state index in [0.717, 1.165) is 26.1 Å². The zero-order chi connectivity index (χ0) is 12.9. The van der Waals surface area contributed by atoms with E-state index < -0.39 is 0 Å². The maximum atomic E-state index is 5.62. The van der Waals surface area contributed by atoms with Crippen LogP contribution in [-0.4, -0.2) is 19.6 Å². The minimum Gasteiger partial charge on any atom is -0.330 e. The third kappa shape index (κ3) is 4.78. The van der Waals surface area contributed by atoms with Gasteiger partial charge in [0.15, 0.2) is 0 Å². The summed E-state index contributed by atoms with van der Waals surface area (Å²) >= 11 is 1.84. The van der Waals surface area contributed by atoms with Gasteiger partial charge in [-0.25, -0.2) is 0 Å². The van der Waals surface area contributed by atoms with Gasteiger partial charge in [0.05, 0.1) is 0 Å². The number of hydrogen-bond donors (Lipinski definition) is 2. The van der Waals surface area contributed by atoms with Crippen molar-refractivity contribution in [2.45, 2.75) is 39.5 Å². The number of nitrogens with two attached hydrogens (primary N) is 1. The van der Waals surface area contributed by atoms with Crippen LogP contribution in [0.5, 0.6) is 0 Å². The zero-order valence-electron chi connectivity index (χ0n) is 11.5. The summed E-state index contributed by atoms with van der Waals surface area (Å²) in [7, 11) is 0. The minimum absolute atomic E-state index is 0.215. The molecule has 0 aliphatic heterocycles. The van der Waals surface area contributed by atoms with Gasteiger partial charge in [-0.3, -0.25) is 0 Å². The van der Waals surface area contributed by atoms with Crippen molar-refractivity contribution in [3.8, 4) is 0 Å². The van der Waals surface area contributed by atoms with Crippen molar-refractivity contribution in [2.75, 3.05) is 19.6 Å². The van der Waals surface area contributed by atoms with Crippen molar-refractivity contribution < 1.29 is 0 Å². The van der Waals surface area contributed by atoms with E-state index in [1.807, 2.05) is 11.3 Å². The van der Waals surface area contributed by atoms with E-state index in [1.54, 1.807) is 0 Å². The molecule has 0 radical (unpaired) electrons. The first-order valence-corrected chi connectivity index (χ1v) is 7.20. The van der Waals surface area contributed by atoms with Gasteiger partial charge in [0.25, 0.3) is 0 Å². The molecule has 1 aromatic rings. The summed E-state index contributed by atoms with van der Waals surface area (Å²) in [5.41, 5.74) is 6.13. The summed E-state index contributed by atoms with van der Waals surface area (Å²) in [6, 6.07) is 4.34. The fourth-order valence-electron chi connectivity index (χ4n) is 1.94. The molecule has 1 rings (SSSR count). The van der Waals surface area contributed by atoms with Crippen LogP contribution < -0.4 is 11.1 Å². The monoisotopic (exact) mass is 254 g/mol. The van der Waals surface area contributed by atoms with E-state index in [0.29, 0.717) is 5.41 Å². The highest BCUT2D eigenvalue weighted by Crippen LogP contribution is 2.27. The number of thiophene rings is 1. The first-order chi connectivity index (χ1) is 7.87. The Morgan fingerprint density at radius 3 is 2.47 bits per heavy atom.